The van der Waals surface area contributed by atoms with Crippen LogP contribution >= 0.6 is 24.0 Å². The van der Waals surface area contributed by atoms with Crippen LogP contribution in [0.2, 0.25) is 0 Å². The third-order valence-electron chi connectivity index (χ3n) is 5.31. The Labute approximate surface area is 202 Å². The number of nitrogens with zero attached hydrogens (tertiary/aromatic N) is 3. The molecule has 2 aromatic carbocycles. The van der Waals surface area contributed by atoms with E-state index in [1.807, 2.05) is 25.2 Å². The summed E-state index contributed by atoms with van der Waals surface area (Å²) in [5.41, 5.74) is 2.39. The summed E-state index contributed by atoms with van der Waals surface area (Å²) in [6.07, 6.45) is 0. The molecule has 0 bridgehead atoms. The highest BCUT2D eigenvalue weighted by molar-refractivity contribution is 14.0. The highest BCUT2D eigenvalue weighted by Crippen LogP contribution is 2.38. The minimum atomic E-state index is 0. The lowest BCUT2D eigenvalue weighted by Gasteiger charge is -2.36. The van der Waals surface area contributed by atoms with E-state index in [0.29, 0.717) is 17.2 Å². The van der Waals surface area contributed by atoms with Crippen molar-refractivity contribution in [1.29, 1.82) is 0 Å². The number of aliphatic imine (C=N–C) groups is 1. The van der Waals surface area contributed by atoms with E-state index >= 15 is 0 Å². The van der Waals surface area contributed by atoms with Gasteiger partial charge in [0.2, 0.25) is 5.75 Å². The van der Waals surface area contributed by atoms with Crippen molar-refractivity contribution in [2.75, 3.05) is 54.6 Å². The van der Waals surface area contributed by atoms with E-state index in [-0.39, 0.29) is 24.0 Å². The Bertz CT molecular complexity index is 815. The monoisotopic (exact) mass is 540 g/mol. The second-order valence-electron chi connectivity index (χ2n) is 7.18. The van der Waals surface area contributed by atoms with Gasteiger partial charge in [0.25, 0.3) is 0 Å². The largest absolute Gasteiger partial charge is 0.493 e. The number of hydrogen-bond donors (Lipinski definition) is 1. The molecular formula is C23H33IN4O3. The Morgan fingerprint density at radius 3 is 2.03 bits per heavy atom. The lowest BCUT2D eigenvalue weighted by atomic mass is 10.1. The molecule has 3 rings (SSSR count). The predicted molar refractivity (Wildman–Crippen MR) is 135 cm³/mol. The molecule has 1 aliphatic heterocycles. The minimum Gasteiger partial charge on any atom is -0.493 e. The Balaban J connectivity index is 0.00000341. The van der Waals surface area contributed by atoms with Crippen molar-refractivity contribution in [3.8, 4) is 17.2 Å². The first-order valence-electron chi connectivity index (χ1n) is 10.2. The van der Waals surface area contributed by atoms with Gasteiger partial charge in [-0.15, -0.1) is 24.0 Å². The van der Waals surface area contributed by atoms with Gasteiger partial charge in [-0.25, -0.2) is 0 Å². The third kappa shape index (κ3) is 6.64. The number of guanidine groups is 1. The number of methoxy groups -OCH3 is 3. The van der Waals surface area contributed by atoms with Crippen LogP contribution in [0, 0.1) is 0 Å². The maximum absolute atomic E-state index is 5.48. The maximum atomic E-state index is 5.48. The van der Waals surface area contributed by atoms with Gasteiger partial charge in [-0.3, -0.25) is 9.89 Å². The SMILES string of the molecule is CN=C(NCc1ccccc1)N1CCN(Cc2cc(OC)c(OC)c(OC)c2)CC1.I. The van der Waals surface area contributed by atoms with E-state index in [0.717, 1.165) is 50.8 Å². The highest BCUT2D eigenvalue weighted by atomic mass is 127. The van der Waals surface area contributed by atoms with Crippen molar-refractivity contribution in [2.24, 2.45) is 4.99 Å². The molecule has 0 unspecified atom stereocenters. The summed E-state index contributed by atoms with van der Waals surface area (Å²) in [4.78, 5) is 9.21. The topological polar surface area (TPSA) is 58.6 Å². The fraction of sp³-hybridized carbons (Fsp3) is 0.435. The molecular weight excluding hydrogens is 507 g/mol. The zero-order valence-corrected chi connectivity index (χ0v) is 21.1. The number of benzene rings is 2. The van der Waals surface area contributed by atoms with Crippen LogP contribution in [0.5, 0.6) is 17.2 Å². The first-order valence-corrected chi connectivity index (χ1v) is 10.2. The van der Waals surface area contributed by atoms with Crippen LogP contribution in [0.25, 0.3) is 0 Å². The number of piperazine rings is 1. The standard InChI is InChI=1S/C23H32N4O3.HI/c1-24-23(25-16-18-8-6-5-7-9-18)27-12-10-26(11-13-27)17-19-14-20(28-2)22(30-4)21(15-19)29-3;/h5-9,14-15H,10-13,16-17H2,1-4H3,(H,24,25);1H. The predicted octanol–water partition coefficient (Wildman–Crippen LogP) is 3.22. The maximum Gasteiger partial charge on any atom is 0.203 e. The highest BCUT2D eigenvalue weighted by Gasteiger charge is 2.21. The number of rotatable bonds is 7. The summed E-state index contributed by atoms with van der Waals surface area (Å²) in [5.74, 6) is 2.96. The molecule has 0 saturated carbocycles. The van der Waals surface area contributed by atoms with Gasteiger partial charge in [0, 0.05) is 46.3 Å². The van der Waals surface area contributed by atoms with E-state index < -0.39 is 0 Å². The van der Waals surface area contributed by atoms with Crippen molar-refractivity contribution >= 4 is 29.9 Å². The molecule has 0 aromatic heterocycles. The quantitative estimate of drug-likeness (QED) is 0.331. The molecule has 2 aromatic rings. The Hall–Kier alpha value is -2.20. The zero-order valence-electron chi connectivity index (χ0n) is 18.8. The molecule has 1 saturated heterocycles. The summed E-state index contributed by atoms with van der Waals surface area (Å²) < 4.78 is 16.4. The van der Waals surface area contributed by atoms with Gasteiger partial charge in [0.1, 0.15) is 0 Å². The first kappa shape index (κ1) is 25.1. The normalized spacial score (nSPS) is 14.6. The fourth-order valence-corrected chi connectivity index (χ4v) is 3.71. The Morgan fingerprint density at radius 1 is 0.903 bits per heavy atom. The van der Waals surface area contributed by atoms with Gasteiger partial charge in [-0.05, 0) is 23.3 Å². The van der Waals surface area contributed by atoms with E-state index in [2.05, 4.69) is 44.4 Å². The average molecular weight is 540 g/mol. The summed E-state index contributed by atoms with van der Waals surface area (Å²) in [6.45, 7) is 5.39. The Kier molecular flexibility index (Phi) is 10.2. The van der Waals surface area contributed by atoms with Crippen molar-refractivity contribution in [3.63, 3.8) is 0 Å². The van der Waals surface area contributed by atoms with Gasteiger partial charge in [0.05, 0.1) is 21.3 Å². The molecule has 1 fully saturated rings. The second-order valence-corrected chi connectivity index (χ2v) is 7.18. The molecule has 170 valence electrons. The minimum absolute atomic E-state index is 0. The molecule has 8 heteroatoms. The molecule has 0 aliphatic carbocycles. The molecule has 1 heterocycles. The van der Waals surface area contributed by atoms with E-state index in [1.165, 1.54) is 5.56 Å². The number of halogens is 1. The number of nitrogens with one attached hydrogen (secondary N) is 1. The molecule has 7 nitrogen and oxygen atoms in total. The van der Waals surface area contributed by atoms with Crippen LogP contribution in [0.4, 0.5) is 0 Å². The van der Waals surface area contributed by atoms with E-state index in [9.17, 15) is 0 Å². The lowest BCUT2D eigenvalue weighted by molar-refractivity contribution is 0.172. The molecule has 31 heavy (non-hydrogen) atoms. The van der Waals surface area contributed by atoms with Crippen LogP contribution in [0.1, 0.15) is 11.1 Å². The zero-order chi connectivity index (χ0) is 21.3. The van der Waals surface area contributed by atoms with Gasteiger partial charge in [-0.2, -0.15) is 0 Å². The fourth-order valence-electron chi connectivity index (χ4n) is 3.71. The summed E-state index contributed by atoms with van der Waals surface area (Å²) in [5, 5.41) is 3.47. The number of ether oxygens (including phenoxy) is 3. The second kappa shape index (κ2) is 12.6. The van der Waals surface area contributed by atoms with Crippen molar-refractivity contribution < 1.29 is 14.2 Å². The summed E-state index contributed by atoms with van der Waals surface area (Å²) in [7, 11) is 6.76. The Morgan fingerprint density at radius 2 is 1.52 bits per heavy atom. The molecule has 0 radical (unpaired) electrons. The molecule has 0 spiro atoms. The first-order chi connectivity index (χ1) is 14.7. The smallest absolute Gasteiger partial charge is 0.203 e. The van der Waals surface area contributed by atoms with Crippen LogP contribution in [-0.4, -0.2) is 70.3 Å². The van der Waals surface area contributed by atoms with Crippen LogP contribution in [0.3, 0.4) is 0 Å². The van der Waals surface area contributed by atoms with Crippen LogP contribution < -0.4 is 19.5 Å². The van der Waals surface area contributed by atoms with E-state index in [4.69, 9.17) is 14.2 Å². The molecule has 0 atom stereocenters. The average Bonchev–Trinajstić information content (AvgIpc) is 2.80. The molecule has 1 N–H and O–H groups in total. The summed E-state index contributed by atoms with van der Waals surface area (Å²) in [6, 6.07) is 14.4. The van der Waals surface area contributed by atoms with Crippen LogP contribution in [-0.2, 0) is 13.1 Å². The lowest BCUT2D eigenvalue weighted by Crippen LogP contribution is -2.52. The summed E-state index contributed by atoms with van der Waals surface area (Å²) >= 11 is 0. The van der Waals surface area contributed by atoms with Crippen molar-refractivity contribution in [3.05, 3.63) is 53.6 Å². The van der Waals surface area contributed by atoms with Crippen molar-refractivity contribution in [2.45, 2.75) is 13.1 Å². The third-order valence-corrected chi connectivity index (χ3v) is 5.31. The van der Waals surface area contributed by atoms with Crippen molar-refractivity contribution in [1.82, 2.24) is 15.1 Å². The van der Waals surface area contributed by atoms with E-state index in [1.54, 1.807) is 21.3 Å². The van der Waals surface area contributed by atoms with Gasteiger partial charge in [0.15, 0.2) is 17.5 Å². The molecule has 0 amide bonds. The number of hydrogen-bond acceptors (Lipinski definition) is 5. The van der Waals surface area contributed by atoms with Gasteiger partial charge >= 0.3 is 0 Å². The van der Waals surface area contributed by atoms with Gasteiger partial charge < -0.3 is 24.4 Å². The van der Waals surface area contributed by atoms with Gasteiger partial charge in [-0.1, -0.05) is 30.3 Å². The van der Waals surface area contributed by atoms with Crippen LogP contribution in [0.15, 0.2) is 47.5 Å². The molecule has 1 aliphatic rings.